The van der Waals surface area contributed by atoms with Crippen LogP contribution in [0.15, 0.2) is 67.1 Å². The predicted molar refractivity (Wildman–Crippen MR) is 97.9 cm³/mol. The molecule has 128 valence electrons. The monoisotopic (exact) mass is 344 g/mol. The normalized spacial score (nSPS) is 10.7. The van der Waals surface area contributed by atoms with E-state index in [0.717, 1.165) is 22.6 Å². The van der Waals surface area contributed by atoms with Gasteiger partial charge >= 0.3 is 0 Å². The van der Waals surface area contributed by atoms with E-state index in [1.54, 1.807) is 13.3 Å². The van der Waals surface area contributed by atoms with Crippen molar-refractivity contribution in [2.75, 3.05) is 7.11 Å². The summed E-state index contributed by atoms with van der Waals surface area (Å²) in [5.41, 5.74) is 3.74. The Morgan fingerprint density at radius 1 is 0.885 bits per heavy atom. The number of fused-ring (bicyclic) bond motifs is 1. The van der Waals surface area contributed by atoms with Gasteiger partial charge in [0.1, 0.15) is 18.7 Å². The van der Waals surface area contributed by atoms with Crippen LogP contribution in [-0.4, -0.2) is 27.0 Å². The summed E-state index contributed by atoms with van der Waals surface area (Å²) in [6.07, 6.45) is 3.13. The largest absolute Gasteiger partial charge is 0.497 e. The predicted octanol–water partition coefficient (Wildman–Crippen LogP) is 3.67. The highest BCUT2D eigenvalue weighted by Crippen LogP contribution is 2.24. The number of aromatic nitrogens is 4. The maximum Gasteiger partial charge on any atom is 0.245 e. The summed E-state index contributed by atoms with van der Waals surface area (Å²) < 4.78 is 11.1. The van der Waals surface area contributed by atoms with Gasteiger partial charge in [-0.2, -0.15) is 4.98 Å². The number of hydrogen-bond acceptors (Lipinski definition) is 6. The molecule has 2 aromatic carbocycles. The molecule has 0 unspecified atom stereocenters. The maximum absolute atomic E-state index is 5.86. The molecule has 0 aliphatic rings. The molecule has 4 rings (SSSR count). The standard InChI is InChI=1S/C20H16N4O2/c1-25-16-9-7-15(8-10-16)17-11-21-19-18(24-17)20(23-13-22-19)26-12-14-5-3-2-4-6-14/h2-11,13H,12H2,1H3. The van der Waals surface area contributed by atoms with Crippen LogP contribution in [0.1, 0.15) is 5.56 Å². The fourth-order valence-electron chi connectivity index (χ4n) is 2.55. The first kappa shape index (κ1) is 16.0. The van der Waals surface area contributed by atoms with E-state index >= 15 is 0 Å². The van der Waals surface area contributed by atoms with Crippen LogP contribution in [0.25, 0.3) is 22.4 Å². The molecular weight excluding hydrogens is 328 g/mol. The summed E-state index contributed by atoms with van der Waals surface area (Å²) in [6, 6.07) is 17.5. The van der Waals surface area contributed by atoms with Crippen LogP contribution in [0, 0.1) is 0 Å². The molecular formula is C20H16N4O2. The van der Waals surface area contributed by atoms with Crippen molar-refractivity contribution in [3.63, 3.8) is 0 Å². The molecule has 0 aliphatic heterocycles. The van der Waals surface area contributed by atoms with Gasteiger partial charge in [-0.3, -0.25) is 0 Å². The number of hydrogen-bond donors (Lipinski definition) is 0. The van der Waals surface area contributed by atoms with Gasteiger partial charge in [0.05, 0.1) is 19.0 Å². The van der Waals surface area contributed by atoms with E-state index in [-0.39, 0.29) is 0 Å². The van der Waals surface area contributed by atoms with Gasteiger partial charge in [0.15, 0.2) is 11.2 Å². The van der Waals surface area contributed by atoms with Gasteiger partial charge in [-0.05, 0) is 29.8 Å². The van der Waals surface area contributed by atoms with Crippen LogP contribution in [0.2, 0.25) is 0 Å². The van der Waals surface area contributed by atoms with E-state index in [9.17, 15) is 0 Å². The molecule has 0 N–H and O–H groups in total. The van der Waals surface area contributed by atoms with E-state index in [1.807, 2.05) is 54.6 Å². The summed E-state index contributed by atoms with van der Waals surface area (Å²) >= 11 is 0. The Balaban J connectivity index is 1.67. The van der Waals surface area contributed by atoms with E-state index in [2.05, 4.69) is 19.9 Å². The Morgan fingerprint density at radius 3 is 2.46 bits per heavy atom. The van der Waals surface area contributed by atoms with Crippen LogP contribution < -0.4 is 9.47 Å². The zero-order chi connectivity index (χ0) is 17.8. The van der Waals surface area contributed by atoms with Crippen molar-refractivity contribution in [2.24, 2.45) is 0 Å². The van der Waals surface area contributed by atoms with Gasteiger partial charge in [0, 0.05) is 5.56 Å². The lowest BCUT2D eigenvalue weighted by molar-refractivity contribution is 0.297. The van der Waals surface area contributed by atoms with Crippen molar-refractivity contribution >= 4 is 11.2 Å². The molecule has 0 fully saturated rings. The number of methoxy groups -OCH3 is 1. The third-order valence-corrected chi connectivity index (χ3v) is 3.91. The molecule has 0 saturated heterocycles. The zero-order valence-electron chi connectivity index (χ0n) is 14.2. The second kappa shape index (κ2) is 7.14. The zero-order valence-corrected chi connectivity index (χ0v) is 14.2. The van der Waals surface area contributed by atoms with E-state index in [0.29, 0.717) is 23.7 Å². The lowest BCUT2D eigenvalue weighted by atomic mass is 10.1. The lowest BCUT2D eigenvalue weighted by Gasteiger charge is -2.08. The molecule has 6 heteroatoms. The van der Waals surface area contributed by atoms with Crippen LogP contribution in [0.5, 0.6) is 11.6 Å². The number of nitrogens with zero attached hydrogens (tertiary/aromatic N) is 4. The van der Waals surface area contributed by atoms with Crippen molar-refractivity contribution in [3.8, 4) is 22.9 Å². The van der Waals surface area contributed by atoms with E-state index < -0.39 is 0 Å². The van der Waals surface area contributed by atoms with Crippen molar-refractivity contribution in [2.45, 2.75) is 6.61 Å². The van der Waals surface area contributed by atoms with Crippen LogP contribution in [0.3, 0.4) is 0 Å². The van der Waals surface area contributed by atoms with Crippen LogP contribution in [-0.2, 0) is 6.61 Å². The summed E-state index contributed by atoms with van der Waals surface area (Å²) in [4.78, 5) is 17.5. The maximum atomic E-state index is 5.86. The molecule has 0 amide bonds. The SMILES string of the molecule is COc1ccc(-c2cnc3ncnc(OCc4ccccc4)c3n2)cc1. The first-order valence-corrected chi connectivity index (χ1v) is 8.12. The number of ether oxygens (including phenoxy) is 2. The van der Waals surface area contributed by atoms with E-state index in [1.165, 1.54) is 6.33 Å². The Hall–Kier alpha value is -3.54. The third kappa shape index (κ3) is 3.30. The third-order valence-electron chi connectivity index (χ3n) is 3.91. The summed E-state index contributed by atoms with van der Waals surface area (Å²) in [7, 11) is 1.64. The highest BCUT2D eigenvalue weighted by atomic mass is 16.5. The van der Waals surface area contributed by atoms with Gasteiger partial charge in [0.25, 0.3) is 0 Å². The van der Waals surface area contributed by atoms with Gasteiger partial charge in [-0.1, -0.05) is 30.3 Å². The fourth-order valence-corrected chi connectivity index (χ4v) is 2.55. The highest BCUT2D eigenvalue weighted by molar-refractivity contribution is 5.77. The molecule has 26 heavy (non-hydrogen) atoms. The average Bonchev–Trinajstić information content (AvgIpc) is 2.72. The quantitative estimate of drug-likeness (QED) is 0.550. The minimum Gasteiger partial charge on any atom is -0.497 e. The molecule has 0 bridgehead atoms. The Kier molecular flexibility index (Phi) is 4.38. The van der Waals surface area contributed by atoms with E-state index in [4.69, 9.17) is 9.47 Å². The first-order valence-electron chi connectivity index (χ1n) is 8.12. The summed E-state index contributed by atoms with van der Waals surface area (Å²) in [5, 5.41) is 0. The molecule has 6 nitrogen and oxygen atoms in total. The molecule has 4 aromatic rings. The van der Waals surface area contributed by atoms with Crippen molar-refractivity contribution in [1.82, 2.24) is 19.9 Å². The Bertz CT molecular complexity index is 1020. The molecule has 2 aromatic heterocycles. The van der Waals surface area contributed by atoms with Gasteiger partial charge in [-0.15, -0.1) is 0 Å². The van der Waals surface area contributed by atoms with Gasteiger partial charge in [-0.25, -0.2) is 15.0 Å². The molecule has 0 atom stereocenters. The minimum atomic E-state index is 0.404. The summed E-state index contributed by atoms with van der Waals surface area (Å²) in [5.74, 6) is 1.21. The molecule has 2 heterocycles. The lowest BCUT2D eigenvalue weighted by Crippen LogP contribution is -2.01. The van der Waals surface area contributed by atoms with Crippen LogP contribution >= 0.6 is 0 Å². The van der Waals surface area contributed by atoms with Crippen molar-refractivity contribution < 1.29 is 9.47 Å². The fraction of sp³-hybridized carbons (Fsp3) is 0.100. The Labute approximate surface area is 150 Å². The van der Waals surface area contributed by atoms with Crippen molar-refractivity contribution in [3.05, 3.63) is 72.7 Å². The highest BCUT2D eigenvalue weighted by Gasteiger charge is 2.10. The summed E-state index contributed by atoms with van der Waals surface area (Å²) in [6.45, 7) is 0.404. The first-order chi connectivity index (χ1) is 12.8. The number of benzene rings is 2. The second-order valence-electron chi connectivity index (χ2n) is 5.61. The van der Waals surface area contributed by atoms with Crippen molar-refractivity contribution in [1.29, 1.82) is 0 Å². The smallest absolute Gasteiger partial charge is 0.245 e. The van der Waals surface area contributed by atoms with Crippen LogP contribution in [0.4, 0.5) is 0 Å². The molecule has 0 spiro atoms. The molecule has 0 radical (unpaired) electrons. The Morgan fingerprint density at radius 2 is 1.69 bits per heavy atom. The molecule has 0 saturated carbocycles. The minimum absolute atomic E-state index is 0.404. The number of rotatable bonds is 5. The van der Waals surface area contributed by atoms with Gasteiger partial charge < -0.3 is 9.47 Å². The molecule has 0 aliphatic carbocycles. The topological polar surface area (TPSA) is 70.0 Å². The average molecular weight is 344 g/mol. The van der Waals surface area contributed by atoms with Gasteiger partial charge in [0.2, 0.25) is 5.88 Å². The second-order valence-corrected chi connectivity index (χ2v) is 5.61.